The predicted molar refractivity (Wildman–Crippen MR) is 162 cm³/mol. The first-order valence-corrected chi connectivity index (χ1v) is 14.9. The van der Waals surface area contributed by atoms with Crippen molar-refractivity contribution in [2.75, 3.05) is 0 Å². The summed E-state index contributed by atoms with van der Waals surface area (Å²) < 4.78 is 72.2. The number of sulfonamides is 1. The van der Waals surface area contributed by atoms with Gasteiger partial charge in [0, 0.05) is 17.3 Å². The Balaban J connectivity index is 1.75. The van der Waals surface area contributed by atoms with Gasteiger partial charge in [-0.15, -0.1) is 4.31 Å². The number of amides is 1. The number of hydrogen-bond acceptors (Lipinski definition) is 6. The van der Waals surface area contributed by atoms with Crippen LogP contribution >= 0.6 is 0 Å². The number of alkyl halides is 3. The van der Waals surface area contributed by atoms with Gasteiger partial charge in [0.2, 0.25) is 5.96 Å². The topological polar surface area (TPSA) is 115 Å². The van der Waals surface area contributed by atoms with Crippen molar-refractivity contribution < 1.29 is 31.1 Å². The lowest BCUT2D eigenvalue weighted by molar-refractivity contribution is -0.137. The van der Waals surface area contributed by atoms with Gasteiger partial charge in [-0.05, 0) is 69.2 Å². The van der Waals surface area contributed by atoms with Gasteiger partial charge < -0.3 is 10.5 Å². The highest BCUT2D eigenvalue weighted by atomic mass is 32.2. The van der Waals surface area contributed by atoms with Crippen molar-refractivity contribution in [2.45, 2.75) is 50.9 Å². The maximum atomic E-state index is 13.4. The van der Waals surface area contributed by atoms with Crippen LogP contribution in [0.2, 0.25) is 0 Å². The molecule has 4 rings (SSSR count). The number of nitrogens with two attached hydrogens (primary N) is 1. The first-order valence-electron chi connectivity index (χ1n) is 13.4. The Hall–Kier alpha value is -4.71. The molecule has 0 saturated heterocycles. The molecule has 12 heteroatoms. The number of nitrogens with zero attached hydrogens (tertiary/aromatic N) is 3. The van der Waals surface area contributed by atoms with Gasteiger partial charge in [-0.2, -0.15) is 13.2 Å². The van der Waals surface area contributed by atoms with Crippen molar-refractivity contribution >= 4 is 22.1 Å². The minimum Gasteiger partial charge on any atom is -0.443 e. The van der Waals surface area contributed by atoms with Crippen molar-refractivity contribution in [1.29, 1.82) is 0 Å². The average molecular weight is 625 g/mol. The van der Waals surface area contributed by atoms with Crippen LogP contribution in [0.3, 0.4) is 0 Å². The Morgan fingerprint density at radius 2 is 1.52 bits per heavy atom. The number of carbonyl (C=O) groups is 1. The number of guanidine groups is 1. The third-order valence-electron chi connectivity index (χ3n) is 6.27. The third kappa shape index (κ3) is 7.62. The lowest BCUT2D eigenvalue weighted by Gasteiger charge is -2.26. The zero-order chi connectivity index (χ0) is 32.3. The smallest absolute Gasteiger partial charge is 0.431 e. The van der Waals surface area contributed by atoms with E-state index >= 15 is 0 Å². The fraction of sp³-hybridized carbons (Fsp3) is 0.219. The van der Waals surface area contributed by atoms with Crippen LogP contribution in [0.5, 0.6) is 0 Å². The number of aromatic nitrogens is 1. The fourth-order valence-corrected chi connectivity index (χ4v) is 5.40. The van der Waals surface area contributed by atoms with Crippen LogP contribution in [-0.2, 0) is 27.5 Å². The van der Waals surface area contributed by atoms with E-state index in [0.717, 1.165) is 23.3 Å². The fourth-order valence-electron chi connectivity index (χ4n) is 4.15. The van der Waals surface area contributed by atoms with E-state index in [1.807, 2.05) is 31.2 Å². The molecule has 1 amide bonds. The molecule has 0 spiro atoms. The second-order valence-electron chi connectivity index (χ2n) is 10.9. The summed E-state index contributed by atoms with van der Waals surface area (Å²) in [5.74, 6) is -0.637. The van der Waals surface area contributed by atoms with Crippen LogP contribution in [0.15, 0.2) is 101 Å². The van der Waals surface area contributed by atoms with Crippen molar-refractivity contribution in [1.82, 2.24) is 9.29 Å². The third-order valence-corrected chi connectivity index (χ3v) is 7.95. The molecule has 0 aliphatic rings. The second-order valence-corrected chi connectivity index (χ2v) is 12.7. The summed E-state index contributed by atoms with van der Waals surface area (Å²) >= 11 is 0. The maximum Gasteiger partial charge on any atom is 0.431 e. The molecule has 0 bridgehead atoms. The number of rotatable bonds is 6. The standard InChI is InChI=1S/C32H31F3N4O4S/c1-21-10-12-24(13-11-21)28-27(23-14-16-25(17-15-23)32(33,34)35)18-22(19-37-28)20-38-29(36)39(30(40)43-31(2,3)4)44(41,42)26-8-6-5-7-9-26/h5-19H,20H2,1-4H3,(H2,36,38). The van der Waals surface area contributed by atoms with Crippen LogP contribution in [0, 0.1) is 6.92 Å². The van der Waals surface area contributed by atoms with Gasteiger partial charge in [0.25, 0.3) is 10.0 Å². The van der Waals surface area contributed by atoms with Gasteiger partial charge in [-0.1, -0.05) is 60.2 Å². The highest BCUT2D eigenvalue weighted by molar-refractivity contribution is 7.90. The number of halogens is 3. The lowest BCUT2D eigenvalue weighted by Crippen LogP contribution is -2.48. The van der Waals surface area contributed by atoms with Crippen LogP contribution in [0.25, 0.3) is 22.4 Å². The van der Waals surface area contributed by atoms with Gasteiger partial charge in [-0.3, -0.25) is 4.98 Å². The van der Waals surface area contributed by atoms with E-state index in [0.29, 0.717) is 26.7 Å². The Morgan fingerprint density at radius 1 is 0.932 bits per heavy atom. The second kappa shape index (κ2) is 12.5. The van der Waals surface area contributed by atoms with Crippen molar-refractivity contribution in [3.05, 3.63) is 108 Å². The number of benzene rings is 3. The summed E-state index contributed by atoms with van der Waals surface area (Å²) in [6, 6.07) is 21.1. The SMILES string of the molecule is Cc1ccc(-c2ncc(CN=C(N)N(C(=O)OC(C)(C)C)S(=O)(=O)c3ccccc3)cc2-c2ccc(C(F)(F)F)cc2)cc1. The highest BCUT2D eigenvalue weighted by Crippen LogP contribution is 2.35. The van der Waals surface area contributed by atoms with E-state index in [-0.39, 0.29) is 11.4 Å². The first kappa shape index (κ1) is 32.2. The van der Waals surface area contributed by atoms with Crippen molar-refractivity contribution in [3.8, 4) is 22.4 Å². The lowest BCUT2D eigenvalue weighted by atomic mass is 9.96. The molecular formula is C32H31F3N4O4S. The number of ether oxygens (including phenoxy) is 1. The molecule has 0 saturated carbocycles. The molecule has 0 atom stereocenters. The molecule has 3 aromatic carbocycles. The quantitative estimate of drug-likeness (QED) is 0.180. The van der Waals surface area contributed by atoms with Gasteiger partial charge in [0.15, 0.2) is 0 Å². The molecule has 1 aromatic heterocycles. The predicted octanol–water partition coefficient (Wildman–Crippen LogP) is 7.18. The van der Waals surface area contributed by atoms with Crippen LogP contribution < -0.4 is 5.73 Å². The van der Waals surface area contributed by atoms with Gasteiger partial charge in [0.05, 0.1) is 22.7 Å². The molecule has 0 aliphatic heterocycles. The summed E-state index contributed by atoms with van der Waals surface area (Å²) in [4.78, 5) is 21.6. The Labute approximate surface area is 254 Å². The summed E-state index contributed by atoms with van der Waals surface area (Å²) in [6.07, 6.45) is -4.23. The van der Waals surface area contributed by atoms with E-state index in [4.69, 9.17) is 10.5 Å². The van der Waals surface area contributed by atoms with Crippen LogP contribution in [0.4, 0.5) is 18.0 Å². The molecule has 0 fully saturated rings. The maximum absolute atomic E-state index is 13.4. The highest BCUT2D eigenvalue weighted by Gasteiger charge is 2.36. The number of carbonyl (C=O) groups excluding carboxylic acids is 1. The summed E-state index contributed by atoms with van der Waals surface area (Å²) in [6.45, 7) is 6.46. The first-order chi connectivity index (χ1) is 20.6. The van der Waals surface area contributed by atoms with E-state index in [1.54, 1.807) is 32.9 Å². The number of aryl methyl sites for hydroxylation is 1. The number of aliphatic imine (C=N–C) groups is 1. The van der Waals surface area contributed by atoms with Crippen molar-refractivity contribution in [3.63, 3.8) is 0 Å². The van der Waals surface area contributed by atoms with Gasteiger partial charge >= 0.3 is 12.3 Å². The van der Waals surface area contributed by atoms with E-state index in [1.165, 1.54) is 42.6 Å². The van der Waals surface area contributed by atoms with Crippen LogP contribution in [-0.4, -0.2) is 35.4 Å². The zero-order valence-electron chi connectivity index (χ0n) is 24.5. The average Bonchev–Trinajstić information content (AvgIpc) is 2.95. The Kier molecular flexibility index (Phi) is 9.14. The summed E-state index contributed by atoms with van der Waals surface area (Å²) in [7, 11) is -4.49. The summed E-state index contributed by atoms with van der Waals surface area (Å²) in [5.41, 5.74) is 8.03. The normalized spacial score (nSPS) is 12.6. The minimum absolute atomic E-state index is 0.197. The van der Waals surface area contributed by atoms with E-state index in [2.05, 4.69) is 9.98 Å². The Bertz CT molecular complexity index is 1770. The van der Waals surface area contributed by atoms with Crippen LogP contribution in [0.1, 0.15) is 37.5 Å². The van der Waals surface area contributed by atoms with E-state index < -0.39 is 39.4 Å². The largest absolute Gasteiger partial charge is 0.443 e. The minimum atomic E-state index is -4.50. The molecule has 1 heterocycles. The Morgan fingerprint density at radius 3 is 2.09 bits per heavy atom. The molecule has 0 aliphatic carbocycles. The van der Waals surface area contributed by atoms with Gasteiger partial charge in [-0.25, -0.2) is 18.2 Å². The molecule has 44 heavy (non-hydrogen) atoms. The molecule has 230 valence electrons. The molecule has 0 radical (unpaired) electrons. The van der Waals surface area contributed by atoms with Crippen molar-refractivity contribution in [2.24, 2.45) is 10.7 Å². The van der Waals surface area contributed by atoms with E-state index in [9.17, 15) is 26.4 Å². The molecule has 0 unspecified atom stereocenters. The summed E-state index contributed by atoms with van der Waals surface area (Å²) in [5, 5.41) is 0. The number of pyridine rings is 1. The molecule has 8 nitrogen and oxygen atoms in total. The molecule has 2 N–H and O–H groups in total. The molecular weight excluding hydrogens is 593 g/mol. The zero-order valence-corrected chi connectivity index (χ0v) is 25.3. The monoisotopic (exact) mass is 624 g/mol. The number of hydrogen-bond donors (Lipinski definition) is 1. The molecule has 4 aromatic rings. The van der Waals surface area contributed by atoms with Gasteiger partial charge in [0.1, 0.15) is 5.60 Å².